The van der Waals surface area contributed by atoms with Gasteiger partial charge in [0.1, 0.15) is 5.82 Å². The van der Waals surface area contributed by atoms with Crippen LogP contribution in [0.15, 0.2) is 66.0 Å². The Morgan fingerprint density at radius 3 is 2.38 bits per heavy atom. The number of nitrogens with zero attached hydrogens (tertiary/aromatic N) is 1. The standard InChI is InChI=1S/C19H12Cl2N2S/c20-14-9-8-13(11-15(14)21)18-17(12-5-2-1-3-6-12)22-19(23-18)16-7-4-10-24-16/h1-11H,(H,22,23). The number of rotatable bonds is 3. The maximum atomic E-state index is 6.20. The number of aromatic nitrogens is 2. The molecule has 2 heterocycles. The number of benzene rings is 2. The van der Waals surface area contributed by atoms with E-state index in [1.807, 2.05) is 41.8 Å². The highest BCUT2D eigenvalue weighted by molar-refractivity contribution is 7.13. The summed E-state index contributed by atoms with van der Waals surface area (Å²) in [6.45, 7) is 0. The summed E-state index contributed by atoms with van der Waals surface area (Å²) in [7, 11) is 0. The van der Waals surface area contributed by atoms with Crippen molar-refractivity contribution in [2.24, 2.45) is 0 Å². The number of hydrogen-bond acceptors (Lipinski definition) is 2. The Balaban J connectivity index is 1.92. The third-order valence-corrected chi connectivity index (χ3v) is 5.33. The molecule has 0 aliphatic carbocycles. The van der Waals surface area contributed by atoms with Crippen molar-refractivity contribution in [1.29, 1.82) is 0 Å². The van der Waals surface area contributed by atoms with E-state index in [-0.39, 0.29) is 0 Å². The van der Waals surface area contributed by atoms with Crippen molar-refractivity contribution in [1.82, 2.24) is 9.97 Å². The lowest BCUT2D eigenvalue weighted by Crippen LogP contribution is -1.84. The average Bonchev–Trinajstić information content (AvgIpc) is 3.27. The minimum absolute atomic E-state index is 0.522. The quantitative estimate of drug-likeness (QED) is 0.422. The molecule has 24 heavy (non-hydrogen) atoms. The van der Waals surface area contributed by atoms with E-state index in [1.165, 1.54) is 0 Å². The van der Waals surface area contributed by atoms with Crippen LogP contribution in [0.25, 0.3) is 33.2 Å². The molecule has 0 fully saturated rings. The fourth-order valence-corrected chi connectivity index (χ4v) is 3.54. The van der Waals surface area contributed by atoms with Crippen molar-refractivity contribution in [3.8, 4) is 33.2 Å². The monoisotopic (exact) mass is 370 g/mol. The van der Waals surface area contributed by atoms with Gasteiger partial charge in [-0.2, -0.15) is 0 Å². The third kappa shape index (κ3) is 2.86. The highest BCUT2D eigenvalue weighted by Crippen LogP contribution is 2.36. The Bertz CT molecular complexity index is 976. The Labute approximate surface area is 153 Å². The molecule has 118 valence electrons. The largest absolute Gasteiger partial charge is 0.337 e. The van der Waals surface area contributed by atoms with Gasteiger partial charge in [0.05, 0.1) is 26.3 Å². The zero-order chi connectivity index (χ0) is 16.5. The maximum absolute atomic E-state index is 6.20. The average molecular weight is 371 g/mol. The van der Waals surface area contributed by atoms with Crippen LogP contribution >= 0.6 is 34.5 Å². The first-order valence-electron chi connectivity index (χ1n) is 7.37. The molecule has 2 aromatic heterocycles. The van der Waals surface area contributed by atoms with Gasteiger partial charge in [-0.1, -0.05) is 65.7 Å². The van der Waals surface area contributed by atoms with Crippen LogP contribution < -0.4 is 0 Å². The molecule has 0 aliphatic heterocycles. The molecule has 2 aromatic carbocycles. The number of aromatic amines is 1. The van der Waals surface area contributed by atoms with Gasteiger partial charge in [-0.3, -0.25) is 0 Å². The van der Waals surface area contributed by atoms with Crippen molar-refractivity contribution < 1.29 is 0 Å². The van der Waals surface area contributed by atoms with Crippen LogP contribution in [0.5, 0.6) is 0 Å². The fourth-order valence-electron chi connectivity index (χ4n) is 2.57. The van der Waals surface area contributed by atoms with E-state index in [9.17, 15) is 0 Å². The maximum Gasteiger partial charge on any atom is 0.148 e. The van der Waals surface area contributed by atoms with Gasteiger partial charge in [0.2, 0.25) is 0 Å². The van der Waals surface area contributed by atoms with Gasteiger partial charge in [0, 0.05) is 11.1 Å². The van der Waals surface area contributed by atoms with E-state index in [0.717, 1.165) is 33.2 Å². The van der Waals surface area contributed by atoms with E-state index < -0.39 is 0 Å². The normalized spacial score (nSPS) is 10.9. The zero-order valence-corrected chi connectivity index (χ0v) is 14.8. The van der Waals surface area contributed by atoms with E-state index >= 15 is 0 Å². The van der Waals surface area contributed by atoms with Crippen molar-refractivity contribution in [3.05, 3.63) is 76.1 Å². The Morgan fingerprint density at radius 2 is 1.67 bits per heavy atom. The topological polar surface area (TPSA) is 28.7 Å². The Kier molecular flexibility index (Phi) is 4.15. The van der Waals surface area contributed by atoms with E-state index in [0.29, 0.717) is 10.0 Å². The van der Waals surface area contributed by atoms with Crippen molar-refractivity contribution >= 4 is 34.5 Å². The second-order valence-electron chi connectivity index (χ2n) is 5.28. The van der Waals surface area contributed by atoms with Gasteiger partial charge in [-0.25, -0.2) is 4.98 Å². The molecule has 0 aliphatic rings. The molecule has 5 heteroatoms. The number of hydrogen-bond donors (Lipinski definition) is 1. The third-order valence-electron chi connectivity index (χ3n) is 3.71. The summed E-state index contributed by atoms with van der Waals surface area (Å²) < 4.78 is 0. The molecule has 0 amide bonds. The lowest BCUT2D eigenvalue weighted by molar-refractivity contribution is 1.33. The number of halogens is 2. The van der Waals surface area contributed by atoms with Gasteiger partial charge in [-0.05, 0) is 23.6 Å². The molecular weight excluding hydrogens is 359 g/mol. The SMILES string of the molecule is Clc1ccc(-c2nc(-c3cccs3)[nH]c2-c2ccccc2)cc1Cl. The van der Waals surface area contributed by atoms with Crippen LogP contribution in [-0.4, -0.2) is 9.97 Å². The summed E-state index contributed by atoms with van der Waals surface area (Å²) in [5.41, 5.74) is 3.84. The smallest absolute Gasteiger partial charge is 0.148 e. The highest BCUT2D eigenvalue weighted by Gasteiger charge is 2.16. The first-order valence-corrected chi connectivity index (χ1v) is 9.00. The van der Waals surface area contributed by atoms with Crippen molar-refractivity contribution in [2.75, 3.05) is 0 Å². The van der Waals surface area contributed by atoms with E-state index in [2.05, 4.69) is 23.2 Å². The molecule has 4 rings (SSSR count). The number of nitrogens with one attached hydrogen (secondary N) is 1. The molecule has 0 radical (unpaired) electrons. The minimum atomic E-state index is 0.522. The summed E-state index contributed by atoms with van der Waals surface area (Å²) in [5, 5.41) is 3.10. The van der Waals surface area contributed by atoms with Crippen LogP contribution in [0.4, 0.5) is 0 Å². The first-order chi connectivity index (χ1) is 11.7. The van der Waals surface area contributed by atoms with Crippen LogP contribution in [0.3, 0.4) is 0 Å². The summed E-state index contributed by atoms with van der Waals surface area (Å²) in [6, 6.07) is 19.8. The van der Waals surface area contributed by atoms with E-state index in [1.54, 1.807) is 17.4 Å². The van der Waals surface area contributed by atoms with Crippen LogP contribution in [0, 0.1) is 0 Å². The van der Waals surface area contributed by atoms with Crippen LogP contribution in [-0.2, 0) is 0 Å². The Hall–Kier alpha value is -2.07. The van der Waals surface area contributed by atoms with Crippen LogP contribution in [0.2, 0.25) is 10.0 Å². The predicted molar refractivity (Wildman–Crippen MR) is 103 cm³/mol. The van der Waals surface area contributed by atoms with E-state index in [4.69, 9.17) is 28.2 Å². The predicted octanol–water partition coefficient (Wildman–Crippen LogP) is 6.78. The highest BCUT2D eigenvalue weighted by atomic mass is 35.5. The fraction of sp³-hybridized carbons (Fsp3) is 0. The summed E-state index contributed by atoms with van der Waals surface area (Å²) in [6.07, 6.45) is 0. The minimum Gasteiger partial charge on any atom is -0.337 e. The van der Waals surface area contributed by atoms with Crippen molar-refractivity contribution in [2.45, 2.75) is 0 Å². The molecule has 4 aromatic rings. The second kappa shape index (κ2) is 6.44. The molecule has 1 N–H and O–H groups in total. The number of H-pyrrole nitrogens is 1. The number of thiophene rings is 1. The molecule has 0 unspecified atom stereocenters. The lowest BCUT2D eigenvalue weighted by atomic mass is 10.1. The van der Waals surface area contributed by atoms with Gasteiger partial charge < -0.3 is 4.98 Å². The molecule has 0 bridgehead atoms. The lowest BCUT2D eigenvalue weighted by Gasteiger charge is -2.04. The molecule has 0 spiro atoms. The summed E-state index contributed by atoms with van der Waals surface area (Å²) in [5.74, 6) is 0.852. The van der Waals surface area contributed by atoms with Gasteiger partial charge in [-0.15, -0.1) is 11.3 Å². The molecule has 0 saturated carbocycles. The molecule has 0 atom stereocenters. The Morgan fingerprint density at radius 1 is 0.833 bits per heavy atom. The van der Waals surface area contributed by atoms with Gasteiger partial charge in [0.25, 0.3) is 0 Å². The molecule has 2 nitrogen and oxygen atoms in total. The molecular formula is C19H12Cl2N2S. The summed E-state index contributed by atoms with van der Waals surface area (Å²) in [4.78, 5) is 9.38. The van der Waals surface area contributed by atoms with Crippen molar-refractivity contribution in [3.63, 3.8) is 0 Å². The zero-order valence-electron chi connectivity index (χ0n) is 12.5. The summed E-state index contributed by atoms with van der Waals surface area (Å²) >= 11 is 13.9. The van der Waals surface area contributed by atoms with Crippen LogP contribution in [0.1, 0.15) is 0 Å². The number of imidazole rings is 1. The first kappa shape index (κ1) is 15.5. The molecule has 0 saturated heterocycles. The second-order valence-corrected chi connectivity index (χ2v) is 7.04. The van der Waals surface area contributed by atoms with Gasteiger partial charge >= 0.3 is 0 Å². The van der Waals surface area contributed by atoms with Gasteiger partial charge in [0.15, 0.2) is 0 Å².